The van der Waals surface area contributed by atoms with E-state index in [0.29, 0.717) is 17.9 Å². The van der Waals surface area contributed by atoms with Gasteiger partial charge in [0, 0.05) is 5.57 Å². The Labute approximate surface area is 151 Å². The fourth-order valence-electron chi connectivity index (χ4n) is 3.14. The van der Waals surface area contributed by atoms with Crippen LogP contribution in [0, 0.1) is 5.92 Å². The van der Waals surface area contributed by atoms with Crippen LogP contribution in [0.1, 0.15) is 117 Å². The summed E-state index contributed by atoms with van der Waals surface area (Å²) in [6.45, 7) is 6.41. The summed E-state index contributed by atoms with van der Waals surface area (Å²) in [7, 11) is 0. The Kier molecular flexibility index (Phi) is 16.5. The predicted octanol–water partition coefficient (Wildman–Crippen LogP) is 7.52. The first-order chi connectivity index (χ1) is 11.6. The minimum absolute atomic E-state index is 0.416. The van der Waals surface area contributed by atoms with Gasteiger partial charge in [0.25, 0.3) is 0 Å². The highest BCUT2D eigenvalue weighted by Gasteiger charge is 2.08. The van der Waals surface area contributed by atoms with Crippen LogP contribution >= 0.6 is 0 Å². The Morgan fingerprint density at radius 1 is 0.792 bits per heavy atom. The molecule has 142 valence electrons. The fourth-order valence-corrected chi connectivity index (χ4v) is 3.14. The molecule has 0 spiro atoms. The summed E-state index contributed by atoms with van der Waals surface area (Å²) in [6, 6.07) is 0. The second-order valence-electron chi connectivity index (χ2n) is 7.66. The van der Waals surface area contributed by atoms with Gasteiger partial charge >= 0.3 is 5.97 Å². The third-order valence-corrected chi connectivity index (χ3v) is 4.60. The van der Waals surface area contributed by atoms with Crippen LogP contribution in [0.5, 0.6) is 0 Å². The Hall–Kier alpha value is -0.790. The number of hydrogen-bond donors (Lipinski definition) is 1. The average molecular weight is 339 g/mol. The van der Waals surface area contributed by atoms with Gasteiger partial charge in [-0.2, -0.15) is 0 Å². The zero-order valence-corrected chi connectivity index (χ0v) is 16.6. The molecule has 2 nitrogen and oxygen atoms in total. The van der Waals surface area contributed by atoms with Crippen molar-refractivity contribution >= 4 is 5.97 Å². The molecule has 0 heterocycles. The number of allylic oxidation sites excluding steroid dienone is 1. The van der Waals surface area contributed by atoms with Crippen LogP contribution in [0.4, 0.5) is 0 Å². The molecule has 0 aliphatic rings. The van der Waals surface area contributed by atoms with Crippen LogP contribution in [0.2, 0.25) is 0 Å². The molecule has 0 atom stereocenters. The molecule has 0 amide bonds. The van der Waals surface area contributed by atoms with E-state index in [1.807, 2.05) is 6.08 Å². The quantitative estimate of drug-likeness (QED) is 0.220. The summed E-state index contributed by atoms with van der Waals surface area (Å²) in [5.74, 6) is -0.322. The zero-order chi connectivity index (χ0) is 18.0. The van der Waals surface area contributed by atoms with Gasteiger partial charge in [-0.15, -0.1) is 0 Å². The lowest BCUT2D eigenvalue weighted by atomic mass is 10.0. The highest BCUT2D eigenvalue weighted by molar-refractivity contribution is 5.86. The number of carboxylic acids is 1. The smallest absolute Gasteiger partial charge is 0.331 e. The Bertz CT molecular complexity index is 318. The fraction of sp³-hybridized carbons (Fsp3) is 0.864. The van der Waals surface area contributed by atoms with E-state index in [4.69, 9.17) is 5.11 Å². The average Bonchev–Trinajstić information content (AvgIpc) is 2.53. The van der Waals surface area contributed by atoms with E-state index in [9.17, 15) is 4.79 Å². The van der Waals surface area contributed by atoms with Crippen LogP contribution in [0.15, 0.2) is 11.6 Å². The number of aliphatic carboxylic acids is 1. The lowest BCUT2D eigenvalue weighted by Gasteiger charge is -2.06. The normalized spacial score (nSPS) is 12.1. The van der Waals surface area contributed by atoms with E-state index in [-0.39, 0.29) is 0 Å². The second-order valence-corrected chi connectivity index (χ2v) is 7.66. The van der Waals surface area contributed by atoms with Crippen molar-refractivity contribution in [2.24, 2.45) is 5.92 Å². The minimum Gasteiger partial charge on any atom is -0.478 e. The Balaban J connectivity index is 3.39. The van der Waals surface area contributed by atoms with E-state index in [1.165, 1.54) is 77.0 Å². The van der Waals surface area contributed by atoms with Gasteiger partial charge in [-0.05, 0) is 25.2 Å². The van der Waals surface area contributed by atoms with Crippen molar-refractivity contribution < 1.29 is 9.90 Å². The molecule has 0 aliphatic carbocycles. The molecule has 0 bridgehead atoms. The molecule has 1 N–H and O–H groups in total. The molecule has 2 heteroatoms. The molecule has 0 saturated carbocycles. The van der Waals surface area contributed by atoms with E-state index < -0.39 is 5.97 Å². The SMILES string of the molecule is CCCCCCCCCCCCCCCC=C(CC(C)C)C(=O)O. The summed E-state index contributed by atoms with van der Waals surface area (Å²) < 4.78 is 0. The van der Waals surface area contributed by atoms with E-state index >= 15 is 0 Å². The topological polar surface area (TPSA) is 37.3 Å². The molecule has 0 aromatic carbocycles. The first kappa shape index (κ1) is 23.2. The Morgan fingerprint density at radius 3 is 1.58 bits per heavy atom. The molecule has 0 unspecified atom stereocenters. The van der Waals surface area contributed by atoms with Crippen molar-refractivity contribution in [3.05, 3.63) is 11.6 Å². The van der Waals surface area contributed by atoms with Gasteiger partial charge in [0.1, 0.15) is 0 Å². The summed E-state index contributed by atoms with van der Waals surface area (Å²) in [4.78, 5) is 11.1. The number of unbranched alkanes of at least 4 members (excludes halogenated alkanes) is 13. The molecule has 0 radical (unpaired) electrons. The first-order valence-corrected chi connectivity index (χ1v) is 10.5. The molecule has 24 heavy (non-hydrogen) atoms. The van der Waals surface area contributed by atoms with Crippen molar-refractivity contribution in [2.75, 3.05) is 0 Å². The van der Waals surface area contributed by atoms with E-state index in [2.05, 4.69) is 20.8 Å². The third-order valence-electron chi connectivity index (χ3n) is 4.60. The maximum atomic E-state index is 11.1. The van der Waals surface area contributed by atoms with Crippen molar-refractivity contribution in [3.8, 4) is 0 Å². The zero-order valence-electron chi connectivity index (χ0n) is 16.6. The van der Waals surface area contributed by atoms with Crippen LogP contribution in [-0.4, -0.2) is 11.1 Å². The lowest BCUT2D eigenvalue weighted by Crippen LogP contribution is -2.03. The second kappa shape index (κ2) is 17.0. The van der Waals surface area contributed by atoms with Gasteiger partial charge in [-0.1, -0.05) is 104 Å². The monoisotopic (exact) mass is 338 g/mol. The predicted molar refractivity (Wildman–Crippen MR) is 105 cm³/mol. The van der Waals surface area contributed by atoms with Gasteiger partial charge in [-0.25, -0.2) is 4.79 Å². The highest BCUT2D eigenvalue weighted by atomic mass is 16.4. The van der Waals surface area contributed by atoms with Crippen LogP contribution < -0.4 is 0 Å². The molecular formula is C22H42O2. The number of carboxylic acid groups (broad SMARTS) is 1. The van der Waals surface area contributed by atoms with Crippen LogP contribution in [0.25, 0.3) is 0 Å². The van der Waals surface area contributed by atoms with Gasteiger partial charge in [0.15, 0.2) is 0 Å². The summed E-state index contributed by atoms with van der Waals surface area (Å²) in [5.41, 5.74) is 0.601. The van der Waals surface area contributed by atoms with Crippen LogP contribution in [-0.2, 0) is 4.79 Å². The van der Waals surface area contributed by atoms with Crippen molar-refractivity contribution in [1.29, 1.82) is 0 Å². The van der Waals surface area contributed by atoms with Crippen molar-refractivity contribution in [2.45, 2.75) is 117 Å². The number of rotatable bonds is 17. The van der Waals surface area contributed by atoms with Gasteiger partial charge in [0.2, 0.25) is 0 Å². The summed E-state index contributed by atoms with van der Waals surface area (Å²) in [6.07, 6.45) is 21.2. The minimum atomic E-state index is -0.738. The highest BCUT2D eigenvalue weighted by Crippen LogP contribution is 2.15. The molecule has 0 saturated heterocycles. The third kappa shape index (κ3) is 16.1. The first-order valence-electron chi connectivity index (χ1n) is 10.5. The van der Waals surface area contributed by atoms with Gasteiger partial charge in [-0.3, -0.25) is 0 Å². The molecule has 0 fully saturated rings. The maximum absolute atomic E-state index is 11.1. The standard InChI is InChI=1S/C22H42O2/c1-4-5-6-7-8-9-10-11-12-13-14-15-16-17-18-21(22(23)24)19-20(2)3/h18,20H,4-17,19H2,1-3H3,(H,23,24). The number of hydrogen-bond acceptors (Lipinski definition) is 1. The van der Waals surface area contributed by atoms with E-state index in [1.54, 1.807) is 0 Å². The lowest BCUT2D eigenvalue weighted by molar-refractivity contribution is -0.132. The molecule has 0 rings (SSSR count). The van der Waals surface area contributed by atoms with Gasteiger partial charge in [0.05, 0.1) is 0 Å². The van der Waals surface area contributed by atoms with Gasteiger partial charge < -0.3 is 5.11 Å². The largest absolute Gasteiger partial charge is 0.478 e. The summed E-state index contributed by atoms with van der Waals surface area (Å²) >= 11 is 0. The summed E-state index contributed by atoms with van der Waals surface area (Å²) in [5, 5.41) is 9.16. The molecule has 0 aromatic heterocycles. The maximum Gasteiger partial charge on any atom is 0.331 e. The molecule has 0 aliphatic heterocycles. The van der Waals surface area contributed by atoms with Crippen LogP contribution in [0.3, 0.4) is 0 Å². The van der Waals surface area contributed by atoms with E-state index in [0.717, 1.165) is 12.8 Å². The number of carbonyl (C=O) groups is 1. The Morgan fingerprint density at radius 2 is 1.21 bits per heavy atom. The molecule has 0 aromatic rings. The van der Waals surface area contributed by atoms with Crippen molar-refractivity contribution in [1.82, 2.24) is 0 Å². The van der Waals surface area contributed by atoms with Crippen molar-refractivity contribution in [3.63, 3.8) is 0 Å². The molecular weight excluding hydrogens is 296 g/mol.